The number of sulfonamides is 1. The summed E-state index contributed by atoms with van der Waals surface area (Å²) >= 11 is 6.29. The number of hydrogen-bond donors (Lipinski definition) is 0. The first-order chi connectivity index (χ1) is 14.9. The van der Waals surface area contributed by atoms with Crippen LogP contribution in [0.2, 0.25) is 0 Å². The van der Waals surface area contributed by atoms with Crippen molar-refractivity contribution in [2.24, 2.45) is 11.8 Å². The fourth-order valence-electron chi connectivity index (χ4n) is 5.71. The third-order valence-electron chi connectivity index (χ3n) is 7.90. The third-order valence-corrected chi connectivity index (χ3v) is 10.7. The summed E-state index contributed by atoms with van der Waals surface area (Å²) in [6, 6.07) is 0.580. The Balaban J connectivity index is 1.48. The van der Waals surface area contributed by atoms with Gasteiger partial charge in [-0.2, -0.15) is 0 Å². The first-order valence-corrected chi connectivity index (χ1v) is 14.9. The molecular weight excluding hydrogens is 428 g/mol. The Hall–Kier alpha value is -0.100. The second-order valence-corrected chi connectivity index (χ2v) is 13.2. The molecule has 31 heavy (non-hydrogen) atoms. The Bertz CT molecular complexity index is 652. The predicted molar refractivity (Wildman–Crippen MR) is 132 cm³/mol. The number of nitrogens with zero attached hydrogens (tertiary/aromatic N) is 2. The van der Waals surface area contributed by atoms with Crippen molar-refractivity contribution in [2.75, 3.05) is 26.2 Å². The molecule has 180 valence electrons. The largest absolute Gasteiger partial charge is 0.300 e. The summed E-state index contributed by atoms with van der Waals surface area (Å²) in [6.07, 6.45) is 16.9. The number of halogens is 1. The monoisotopic (exact) mass is 472 g/mol. The molecule has 0 saturated carbocycles. The molecule has 3 unspecified atom stereocenters. The molecule has 3 atom stereocenters. The molecule has 4 nitrogen and oxygen atoms in total. The van der Waals surface area contributed by atoms with Crippen LogP contribution in [0.15, 0.2) is 12.2 Å². The van der Waals surface area contributed by atoms with Gasteiger partial charge in [0.2, 0.25) is 10.0 Å². The topological polar surface area (TPSA) is 40.6 Å². The van der Waals surface area contributed by atoms with Crippen LogP contribution in [0.4, 0.5) is 0 Å². The lowest BCUT2D eigenvalue weighted by Gasteiger charge is -2.41. The molecule has 0 spiro atoms. The highest BCUT2D eigenvalue weighted by Crippen LogP contribution is 2.29. The van der Waals surface area contributed by atoms with Crippen molar-refractivity contribution < 1.29 is 8.42 Å². The van der Waals surface area contributed by atoms with Crippen LogP contribution in [0.25, 0.3) is 0 Å². The summed E-state index contributed by atoms with van der Waals surface area (Å²) in [5.74, 6) is 1.41. The van der Waals surface area contributed by atoms with Gasteiger partial charge in [-0.25, -0.2) is 12.7 Å². The quantitative estimate of drug-likeness (QED) is 0.313. The molecule has 2 saturated heterocycles. The molecule has 0 aromatic heterocycles. The van der Waals surface area contributed by atoms with Crippen LogP contribution in [-0.4, -0.2) is 60.5 Å². The van der Waals surface area contributed by atoms with Crippen molar-refractivity contribution in [2.45, 2.75) is 108 Å². The summed E-state index contributed by atoms with van der Waals surface area (Å²) in [6.45, 7) is 8.26. The maximum absolute atomic E-state index is 13.5. The van der Waals surface area contributed by atoms with E-state index in [1.807, 2.05) is 4.31 Å². The summed E-state index contributed by atoms with van der Waals surface area (Å²) in [7, 11) is -3.19. The minimum atomic E-state index is -3.19. The third kappa shape index (κ3) is 7.45. The Morgan fingerprint density at radius 1 is 1.00 bits per heavy atom. The van der Waals surface area contributed by atoms with Gasteiger partial charge >= 0.3 is 0 Å². The van der Waals surface area contributed by atoms with E-state index in [0.29, 0.717) is 25.0 Å². The van der Waals surface area contributed by atoms with Crippen LogP contribution < -0.4 is 0 Å². The highest BCUT2D eigenvalue weighted by molar-refractivity contribution is 7.89. The van der Waals surface area contributed by atoms with E-state index < -0.39 is 10.0 Å². The van der Waals surface area contributed by atoms with Gasteiger partial charge in [-0.05, 0) is 89.1 Å². The van der Waals surface area contributed by atoms with Crippen molar-refractivity contribution in [1.29, 1.82) is 0 Å². The molecule has 0 amide bonds. The first-order valence-electron chi connectivity index (χ1n) is 12.9. The van der Waals surface area contributed by atoms with Gasteiger partial charge in [0.1, 0.15) is 0 Å². The lowest BCUT2D eigenvalue weighted by molar-refractivity contribution is 0.100. The van der Waals surface area contributed by atoms with E-state index in [1.165, 1.54) is 25.9 Å². The Morgan fingerprint density at radius 2 is 1.71 bits per heavy atom. The van der Waals surface area contributed by atoms with Gasteiger partial charge in [0, 0.05) is 24.5 Å². The molecule has 0 radical (unpaired) electrons. The van der Waals surface area contributed by atoms with Crippen molar-refractivity contribution in [3.8, 4) is 0 Å². The zero-order valence-corrected chi connectivity index (χ0v) is 21.4. The second-order valence-electron chi connectivity index (χ2n) is 10.3. The fraction of sp³-hybridized carbons (Fsp3) is 0.920. The number of hydrogen-bond acceptors (Lipinski definition) is 3. The summed E-state index contributed by atoms with van der Waals surface area (Å²) < 4.78 is 28.8. The normalized spacial score (nSPS) is 29.1. The van der Waals surface area contributed by atoms with E-state index in [4.69, 9.17) is 11.6 Å². The highest BCUT2D eigenvalue weighted by atomic mass is 35.5. The number of alkyl halides is 1. The zero-order chi connectivity index (χ0) is 22.3. The zero-order valence-electron chi connectivity index (χ0n) is 19.9. The SMILES string of the molecule is CCCC(CCCC1C=CCC(Cl)CC1)S(=O)(=O)N1CCC(N2CCC(C)CC2)CC1. The van der Waals surface area contributed by atoms with Crippen LogP contribution in [0.1, 0.15) is 90.9 Å². The molecule has 3 rings (SSSR count). The highest BCUT2D eigenvalue weighted by Gasteiger charge is 2.35. The lowest BCUT2D eigenvalue weighted by atomic mass is 9.95. The second kappa shape index (κ2) is 12.4. The molecule has 0 N–H and O–H groups in total. The number of likely N-dealkylation sites (tertiary alicyclic amines) is 1. The van der Waals surface area contributed by atoms with E-state index in [1.54, 1.807) is 0 Å². The number of piperidine rings is 2. The van der Waals surface area contributed by atoms with Crippen molar-refractivity contribution in [3.63, 3.8) is 0 Å². The van der Waals surface area contributed by atoms with E-state index in [2.05, 4.69) is 30.9 Å². The average molecular weight is 473 g/mol. The van der Waals surface area contributed by atoms with E-state index in [0.717, 1.165) is 70.1 Å². The predicted octanol–water partition coefficient (Wildman–Crippen LogP) is 5.82. The minimum absolute atomic E-state index is 0.208. The molecule has 3 aliphatic rings. The van der Waals surface area contributed by atoms with Crippen LogP contribution in [0, 0.1) is 11.8 Å². The van der Waals surface area contributed by atoms with Gasteiger partial charge < -0.3 is 4.90 Å². The smallest absolute Gasteiger partial charge is 0.216 e. The Morgan fingerprint density at radius 3 is 2.39 bits per heavy atom. The maximum atomic E-state index is 13.5. The summed E-state index contributed by atoms with van der Waals surface area (Å²) in [5, 5.41) is 0.0613. The average Bonchev–Trinajstić information content (AvgIpc) is 2.98. The molecule has 6 heteroatoms. The lowest BCUT2D eigenvalue weighted by Crippen LogP contribution is -2.50. The molecule has 2 heterocycles. The van der Waals surface area contributed by atoms with E-state index >= 15 is 0 Å². The van der Waals surface area contributed by atoms with Gasteiger partial charge in [0.25, 0.3) is 0 Å². The summed E-state index contributed by atoms with van der Waals surface area (Å²) in [5.41, 5.74) is 0. The van der Waals surface area contributed by atoms with Gasteiger partial charge in [0.05, 0.1) is 5.25 Å². The first kappa shape index (κ1) is 25.5. The molecular formula is C25H45ClN2O2S. The standard InChI is InChI=1S/C25H45ClN2O2S/c1-3-6-25(10-5-8-22-7-4-9-23(26)12-11-22)31(29,30)28-19-15-24(16-20-28)27-17-13-21(2)14-18-27/h4,7,21-25H,3,5-6,8-20H2,1-2H3. The molecule has 2 aliphatic heterocycles. The van der Waals surface area contributed by atoms with Gasteiger partial charge in [-0.15, -0.1) is 11.6 Å². The number of allylic oxidation sites excluding steroid dienone is 2. The Labute approximate surface area is 196 Å². The van der Waals surface area contributed by atoms with Crippen molar-refractivity contribution in [1.82, 2.24) is 9.21 Å². The Kier molecular flexibility index (Phi) is 10.2. The van der Waals surface area contributed by atoms with Gasteiger partial charge in [-0.1, -0.05) is 38.8 Å². The number of rotatable bonds is 9. The van der Waals surface area contributed by atoms with E-state index in [9.17, 15) is 8.42 Å². The van der Waals surface area contributed by atoms with Crippen LogP contribution >= 0.6 is 11.6 Å². The van der Waals surface area contributed by atoms with Gasteiger partial charge in [-0.3, -0.25) is 0 Å². The van der Waals surface area contributed by atoms with Crippen molar-refractivity contribution in [3.05, 3.63) is 12.2 Å². The minimum Gasteiger partial charge on any atom is -0.300 e. The molecule has 0 aromatic carbocycles. The van der Waals surface area contributed by atoms with Crippen molar-refractivity contribution >= 4 is 21.6 Å². The van der Waals surface area contributed by atoms with Crippen LogP contribution in [0.3, 0.4) is 0 Å². The van der Waals surface area contributed by atoms with Crippen LogP contribution in [0.5, 0.6) is 0 Å². The summed E-state index contributed by atoms with van der Waals surface area (Å²) in [4.78, 5) is 2.62. The molecule has 1 aliphatic carbocycles. The maximum Gasteiger partial charge on any atom is 0.216 e. The molecule has 2 fully saturated rings. The fourth-order valence-corrected chi connectivity index (χ4v) is 8.07. The molecule has 0 bridgehead atoms. The van der Waals surface area contributed by atoms with Gasteiger partial charge in [0.15, 0.2) is 0 Å². The van der Waals surface area contributed by atoms with E-state index in [-0.39, 0.29) is 10.6 Å². The van der Waals surface area contributed by atoms with Crippen LogP contribution in [-0.2, 0) is 10.0 Å². The molecule has 0 aromatic rings.